The molecule has 32 heavy (non-hydrogen) atoms. The molecule has 1 fully saturated rings. The summed E-state index contributed by atoms with van der Waals surface area (Å²) >= 11 is 0. The number of hydrogen-bond acceptors (Lipinski definition) is 7. The number of carbonyl (C=O) groups excluding carboxylic acids is 2. The summed E-state index contributed by atoms with van der Waals surface area (Å²) in [5.41, 5.74) is 2.74. The van der Waals surface area contributed by atoms with E-state index in [0.717, 1.165) is 30.2 Å². The van der Waals surface area contributed by atoms with Crippen molar-refractivity contribution in [1.82, 2.24) is 9.97 Å². The number of carbonyl (C=O) groups is 2. The molecule has 3 aromatic rings. The van der Waals surface area contributed by atoms with Crippen LogP contribution in [0.2, 0.25) is 0 Å². The van der Waals surface area contributed by atoms with Crippen molar-refractivity contribution in [2.75, 3.05) is 36.5 Å². The van der Waals surface area contributed by atoms with Crippen molar-refractivity contribution in [3.8, 4) is 11.5 Å². The van der Waals surface area contributed by atoms with Gasteiger partial charge >= 0.3 is 0 Å². The number of hydrogen-bond donors (Lipinski definition) is 1. The second kappa shape index (κ2) is 8.76. The van der Waals surface area contributed by atoms with E-state index >= 15 is 0 Å². The van der Waals surface area contributed by atoms with Crippen molar-refractivity contribution in [2.24, 2.45) is 0 Å². The Labute approximate surface area is 185 Å². The molecule has 1 aliphatic carbocycles. The van der Waals surface area contributed by atoms with Crippen molar-refractivity contribution < 1.29 is 19.1 Å². The number of pyridine rings is 2. The van der Waals surface area contributed by atoms with Crippen molar-refractivity contribution in [2.45, 2.75) is 12.8 Å². The number of benzene rings is 1. The number of anilines is 2. The number of nitrogens with one attached hydrogen (secondary N) is 1. The molecule has 162 valence electrons. The summed E-state index contributed by atoms with van der Waals surface area (Å²) in [5.74, 6) is 1.86. The molecule has 0 spiro atoms. The minimum Gasteiger partial charge on any atom is -0.457 e. The first-order valence-electron chi connectivity index (χ1n) is 10.5. The van der Waals surface area contributed by atoms with E-state index in [9.17, 15) is 9.59 Å². The van der Waals surface area contributed by atoms with Crippen LogP contribution in [-0.2, 0) is 22.4 Å². The molecule has 0 bridgehead atoms. The molecule has 1 N–H and O–H groups in total. The quantitative estimate of drug-likeness (QED) is 0.665. The number of ketones is 1. The summed E-state index contributed by atoms with van der Waals surface area (Å²) in [7, 11) is 0. The zero-order valence-corrected chi connectivity index (χ0v) is 17.4. The molecule has 5 rings (SSSR count). The first-order chi connectivity index (χ1) is 15.7. The number of amides is 1. The monoisotopic (exact) mass is 430 g/mol. The van der Waals surface area contributed by atoms with Crippen LogP contribution < -0.4 is 15.0 Å². The molecular weight excluding hydrogens is 408 g/mol. The van der Waals surface area contributed by atoms with Crippen LogP contribution in [0.1, 0.15) is 21.6 Å². The number of morpholine rings is 1. The van der Waals surface area contributed by atoms with Gasteiger partial charge in [-0.15, -0.1) is 0 Å². The van der Waals surface area contributed by atoms with E-state index < -0.39 is 0 Å². The smallest absolute Gasteiger partial charge is 0.255 e. The second-order valence-electron chi connectivity index (χ2n) is 7.71. The van der Waals surface area contributed by atoms with Crippen molar-refractivity contribution in [3.05, 3.63) is 71.7 Å². The summed E-state index contributed by atoms with van der Waals surface area (Å²) in [6.45, 7) is 2.81. The van der Waals surface area contributed by atoms with E-state index in [4.69, 9.17) is 9.47 Å². The fourth-order valence-electron chi connectivity index (χ4n) is 3.89. The van der Waals surface area contributed by atoms with Gasteiger partial charge in [-0.3, -0.25) is 14.6 Å². The molecule has 0 saturated carbocycles. The first-order valence-corrected chi connectivity index (χ1v) is 10.5. The number of fused-ring (bicyclic) bond motifs is 1. The molecule has 1 amide bonds. The molecule has 8 heteroatoms. The zero-order chi connectivity index (χ0) is 21.9. The van der Waals surface area contributed by atoms with Crippen LogP contribution in [0.25, 0.3) is 0 Å². The Bertz CT molecular complexity index is 1170. The summed E-state index contributed by atoms with van der Waals surface area (Å²) in [6.07, 6.45) is 3.97. The van der Waals surface area contributed by atoms with Crippen molar-refractivity contribution in [1.29, 1.82) is 0 Å². The van der Waals surface area contributed by atoms with Gasteiger partial charge in [0.25, 0.3) is 5.91 Å². The average Bonchev–Trinajstić information content (AvgIpc) is 3.21. The maximum absolute atomic E-state index is 12.8. The van der Waals surface area contributed by atoms with E-state index in [-0.39, 0.29) is 11.7 Å². The van der Waals surface area contributed by atoms with Crippen LogP contribution in [0.3, 0.4) is 0 Å². The first kappa shape index (κ1) is 20.1. The summed E-state index contributed by atoms with van der Waals surface area (Å²) < 4.78 is 11.4. The lowest BCUT2D eigenvalue weighted by Gasteiger charge is -2.27. The molecule has 2 aromatic heterocycles. The third-order valence-corrected chi connectivity index (χ3v) is 5.50. The second-order valence-corrected chi connectivity index (χ2v) is 7.71. The van der Waals surface area contributed by atoms with Crippen LogP contribution >= 0.6 is 0 Å². The predicted octanol–water partition coefficient (Wildman–Crippen LogP) is 3.03. The highest BCUT2D eigenvalue weighted by Gasteiger charge is 2.23. The molecule has 0 unspecified atom stereocenters. The normalized spacial score (nSPS) is 15.4. The molecule has 3 heterocycles. The Morgan fingerprint density at radius 1 is 1.03 bits per heavy atom. The summed E-state index contributed by atoms with van der Waals surface area (Å²) in [4.78, 5) is 35.4. The molecule has 0 atom stereocenters. The Morgan fingerprint density at radius 3 is 2.75 bits per heavy atom. The van der Waals surface area contributed by atoms with Crippen LogP contribution in [-0.4, -0.2) is 48.0 Å². The molecule has 0 radical (unpaired) electrons. The van der Waals surface area contributed by atoms with Gasteiger partial charge in [-0.1, -0.05) is 6.07 Å². The highest BCUT2D eigenvalue weighted by atomic mass is 16.5. The lowest BCUT2D eigenvalue weighted by molar-refractivity contribution is -0.117. The van der Waals surface area contributed by atoms with Gasteiger partial charge in [-0.25, -0.2) is 4.98 Å². The van der Waals surface area contributed by atoms with Crippen molar-refractivity contribution in [3.63, 3.8) is 0 Å². The lowest BCUT2D eigenvalue weighted by atomic mass is 10.2. The highest BCUT2D eigenvalue weighted by Crippen LogP contribution is 2.32. The third-order valence-electron chi connectivity index (χ3n) is 5.50. The fourth-order valence-corrected chi connectivity index (χ4v) is 3.89. The summed E-state index contributed by atoms with van der Waals surface area (Å²) in [5, 5.41) is 2.92. The Hall–Kier alpha value is -3.78. The minimum atomic E-state index is -0.227. The van der Waals surface area contributed by atoms with E-state index in [1.54, 1.807) is 42.7 Å². The van der Waals surface area contributed by atoms with Gasteiger partial charge in [-0.05, 0) is 30.3 Å². The van der Waals surface area contributed by atoms with Crippen LogP contribution in [0.15, 0.2) is 54.9 Å². The summed E-state index contributed by atoms with van der Waals surface area (Å²) in [6, 6.07) is 12.4. The van der Waals surface area contributed by atoms with Crippen LogP contribution in [0, 0.1) is 0 Å². The van der Waals surface area contributed by atoms with E-state index in [2.05, 4.69) is 20.2 Å². The lowest BCUT2D eigenvalue weighted by Crippen LogP contribution is -2.36. The Morgan fingerprint density at radius 2 is 1.88 bits per heavy atom. The molecule has 8 nitrogen and oxygen atoms in total. The van der Waals surface area contributed by atoms with Gasteiger partial charge in [0.15, 0.2) is 0 Å². The number of ether oxygens (including phenoxy) is 2. The number of nitrogens with zero attached hydrogens (tertiary/aromatic N) is 3. The SMILES string of the molecule is O=C1Cc2nccc(Oc3cccc(NC(=O)c4ccnc(N5CCOCC5)c4)c3)c2C1. The van der Waals surface area contributed by atoms with Crippen LogP contribution in [0.4, 0.5) is 11.5 Å². The topological polar surface area (TPSA) is 93.6 Å². The third kappa shape index (κ3) is 4.31. The molecule has 1 saturated heterocycles. The van der Waals surface area contributed by atoms with Gasteiger partial charge in [-0.2, -0.15) is 0 Å². The van der Waals surface area contributed by atoms with Gasteiger partial charge in [0.2, 0.25) is 0 Å². The Balaban J connectivity index is 1.30. The van der Waals surface area contributed by atoms with E-state index in [1.165, 1.54) is 0 Å². The molecule has 1 aromatic carbocycles. The minimum absolute atomic E-state index is 0.137. The maximum Gasteiger partial charge on any atom is 0.255 e. The van der Waals surface area contributed by atoms with Gasteiger partial charge in [0.1, 0.15) is 23.1 Å². The van der Waals surface area contributed by atoms with Crippen molar-refractivity contribution >= 4 is 23.2 Å². The van der Waals surface area contributed by atoms with Gasteiger partial charge in [0, 0.05) is 61.2 Å². The highest BCUT2D eigenvalue weighted by molar-refractivity contribution is 6.04. The number of Topliss-reactive ketones (excluding diaryl/α,β-unsaturated/α-hetero) is 1. The standard InChI is InChI=1S/C24H22N4O4/c29-18-14-20-21(15-18)25-7-5-22(20)32-19-3-1-2-17(13-19)27-24(30)16-4-6-26-23(12-16)28-8-10-31-11-9-28/h1-7,12-13H,8-11,14-15H2,(H,27,30). The zero-order valence-electron chi connectivity index (χ0n) is 17.4. The van der Waals surface area contributed by atoms with E-state index in [1.807, 2.05) is 12.1 Å². The van der Waals surface area contributed by atoms with Gasteiger partial charge < -0.3 is 19.7 Å². The van der Waals surface area contributed by atoms with E-state index in [0.29, 0.717) is 48.8 Å². The number of rotatable bonds is 5. The average molecular weight is 430 g/mol. The predicted molar refractivity (Wildman–Crippen MR) is 118 cm³/mol. The fraction of sp³-hybridized carbons (Fsp3) is 0.250. The Kier molecular flexibility index (Phi) is 5.51. The number of aromatic nitrogens is 2. The largest absolute Gasteiger partial charge is 0.457 e. The van der Waals surface area contributed by atoms with Gasteiger partial charge in [0.05, 0.1) is 18.9 Å². The molecular formula is C24H22N4O4. The molecule has 1 aliphatic heterocycles. The maximum atomic E-state index is 12.8. The van der Waals surface area contributed by atoms with Crippen LogP contribution in [0.5, 0.6) is 11.5 Å². The molecule has 2 aliphatic rings.